The smallest absolute Gasteiger partial charge is 0.236 e. The number of carbonyl (C=O) groups excluding carboxylic acids is 2. The fourth-order valence-corrected chi connectivity index (χ4v) is 4.30. The molecule has 1 aromatic rings. The Balaban J connectivity index is 1.68. The molecule has 4 atom stereocenters. The van der Waals surface area contributed by atoms with Gasteiger partial charge in [-0.15, -0.1) is 0 Å². The van der Waals surface area contributed by atoms with Crippen LogP contribution in [0.1, 0.15) is 18.9 Å². The number of benzene rings is 1. The number of amides is 2. The summed E-state index contributed by atoms with van der Waals surface area (Å²) in [5.41, 5.74) is 0.517. The summed E-state index contributed by atoms with van der Waals surface area (Å²) in [5.74, 6) is 0.428. The summed E-state index contributed by atoms with van der Waals surface area (Å²) in [5, 5.41) is 0. The molecule has 1 saturated heterocycles. The number of fused-ring (bicyclic) bond motifs is 5. The summed E-state index contributed by atoms with van der Waals surface area (Å²) < 4.78 is 0. The van der Waals surface area contributed by atoms with Crippen molar-refractivity contribution in [2.75, 3.05) is 0 Å². The molecule has 0 unspecified atom stereocenters. The first-order valence-electron chi connectivity index (χ1n) is 7.20. The third-order valence-electron chi connectivity index (χ3n) is 5.38. The molecule has 1 aliphatic heterocycles. The Morgan fingerprint density at radius 3 is 2.65 bits per heavy atom. The van der Waals surface area contributed by atoms with E-state index in [0.29, 0.717) is 6.54 Å². The van der Waals surface area contributed by atoms with Crippen LogP contribution in [0.3, 0.4) is 0 Å². The predicted molar refractivity (Wildman–Crippen MR) is 74.3 cm³/mol. The largest absolute Gasteiger partial charge is 0.277 e. The summed E-state index contributed by atoms with van der Waals surface area (Å²) in [6.07, 6.45) is 5.24. The number of rotatable bonds is 2. The maximum atomic E-state index is 12.8. The van der Waals surface area contributed by atoms with Crippen LogP contribution in [0.2, 0.25) is 0 Å². The predicted octanol–water partition coefficient (Wildman–Crippen LogP) is 2.38. The van der Waals surface area contributed by atoms with Crippen molar-refractivity contribution in [2.45, 2.75) is 19.9 Å². The Morgan fingerprint density at radius 1 is 1.20 bits per heavy atom. The highest BCUT2D eigenvalue weighted by atomic mass is 16.2. The molecule has 3 aliphatic rings. The molecule has 0 spiro atoms. The molecule has 1 saturated carbocycles. The van der Waals surface area contributed by atoms with Gasteiger partial charge in [-0.05, 0) is 30.7 Å². The van der Waals surface area contributed by atoms with E-state index in [1.807, 2.05) is 37.3 Å². The van der Waals surface area contributed by atoms with Crippen LogP contribution in [0.15, 0.2) is 42.5 Å². The molecule has 2 bridgehead atoms. The molecule has 0 N–H and O–H groups in total. The summed E-state index contributed by atoms with van der Waals surface area (Å²) in [7, 11) is 0. The maximum Gasteiger partial charge on any atom is 0.236 e. The number of hydrogen-bond donors (Lipinski definition) is 0. The Bertz CT molecular complexity index is 621. The highest BCUT2D eigenvalue weighted by Gasteiger charge is 2.66. The summed E-state index contributed by atoms with van der Waals surface area (Å²) in [6.45, 7) is 2.39. The van der Waals surface area contributed by atoms with E-state index in [0.717, 1.165) is 12.0 Å². The van der Waals surface area contributed by atoms with Gasteiger partial charge in [0.25, 0.3) is 0 Å². The number of hydrogen-bond acceptors (Lipinski definition) is 2. The summed E-state index contributed by atoms with van der Waals surface area (Å²) >= 11 is 0. The van der Waals surface area contributed by atoms with E-state index >= 15 is 0 Å². The number of likely N-dealkylation sites (tertiary alicyclic amines) is 1. The van der Waals surface area contributed by atoms with Crippen LogP contribution < -0.4 is 0 Å². The van der Waals surface area contributed by atoms with E-state index in [1.54, 1.807) is 0 Å². The minimum absolute atomic E-state index is 0.0215. The monoisotopic (exact) mass is 267 g/mol. The van der Waals surface area contributed by atoms with E-state index in [-0.39, 0.29) is 29.6 Å². The Labute approximate surface area is 118 Å². The zero-order valence-electron chi connectivity index (χ0n) is 11.5. The lowest BCUT2D eigenvalue weighted by atomic mass is 9.71. The van der Waals surface area contributed by atoms with E-state index in [1.165, 1.54) is 4.90 Å². The first-order chi connectivity index (χ1) is 9.62. The third kappa shape index (κ3) is 1.30. The average Bonchev–Trinajstić information content (AvgIpc) is 3.08. The van der Waals surface area contributed by atoms with Crippen molar-refractivity contribution in [1.29, 1.82) is 0 Å². The fourth-order valence-electron chi connectivity index (χ4n) is 4.30. The minimum Gasteiger partial charge on any atom is -0.277 e. The van der Waals surface area contributed by atoms with E-state index in [4.69, 9.17) is 0 Å². The molecule has 0 aromatic heterocycles. The zero-order chi connectivity index (χ0) is 13.9. The van der Waals surface area contributed by atoms with E-state index in [2.05, 4.69) is 12.2 Å². The maximum absolute atomic E-state index is 12.8. The van der Waals surface area contributed by atoms with Gasteiger partial charge in [-0.25, -0.2) is 0 Å². The van der Waals surface area contributed by atoms with Crippen LogP contribution in [0.4, 0.5) is 0 Å². The van der Waals surface area contributed by atoms with Crippen LogP contribution in [0.5, 0.6) is 0 Å². The second-order valence-corrected chi connectivity index (χ2v) is 6.37. The van der Waals surface area contributed by atoms with Crippen LogP contribution in [0.25, 0.3) is 0 Å². The summed E-state index contributed by atoms with van der Waals surface area (Å²) in [6, 6.07) is 9.74. The number of imide groups is 1. The first kappa shape index (κ1) is 11.9. The topological polar surface area (TPSA) is 37.4 Å². The molecule has 2 amide bonds. The lowest BCUT2D eigenvalue weighted by Crippen LogP contribution is -2.37. The SMILES string of the molecule is C[C@]12C(=O)N(Cc3ccccc3)C(=O)[C@H]1[C@H]1C=C[C@@H]2C1. The Kier molecular flexibility index (Phi) is 2.27. The third-order valence-corrected chi connectivity index (χ3v) is 5.38. The van der Waals surface area contributed by atoms with Crippen molar-refractivity contribution in [3.63, 3.8) is 0 Å². The second-order valence-electron chi connectivity index (χ2n) is 6.37. The van der Waals surface area contributed by atoms with Gasteiger partial charge >= 0.3 is 0 Å². The van der Waals surface area contributed by atoms with Gasteiger partial charge in [0, 0.05) is 0 Å². The lowest BCUT2D eigenvalue weighted by molar-refractivity contribution is -0.142. The molecule has 1 aromatic carbocycles. The van der Waals surface area contributed by atoms with E-state index < -0.39 is 5.41 Å². The zero-order valence-corrected chi connectivity index (χ0v) is 11.5. The molecular weight excluding hydrogens is 250 g/mol. The molecule has 1 heterocycles. The molecule has 2 fully saturated rings. The molecule has 102 valence electrons. The van der Waals surface area contributed by atoms with Crippen molar-refractivity contribution >= 4 is 11.8 Å². The van der Waals surface area contributed by atoms with Gasteiger partial charge in [0.2, 0.25) is 11.8 Å². The molecule has 4 rings (SSSR count). The molecular formula is C17H17NO2. The lowest BCUT2D eigenvalue weighted by Gasteiger charge is -2.28. The van der Waals surface area contributed by atoms with Gasteiger partial charge in [-0.2, -0.15) is 0 Å². The van der Waals surface area contributed by atoms with Gasteiger partial charge in [0.15, 0.2) is 0 Å². The standard InChI is InChI=1S/C17H17NO2/c1-17-13-8-7-12(9-13)14(17)15(19)18(16(17)20)10-11-5-3-2-4-6-11/h2-8,12-14H,9-10H2,1H3/t12-,13+,14+,17+/m0/s1. The molecule has 20 heavy (non-hydrogen) atoms. The highest BCUT2D eigenvalue weighted by Crippen LogP contribution is 2.60. The second kappa shape index (κ2) is 3.81. The van der Waals surface area contributed by atoms with Crippen LogP contribution in [-0.4, -0.2) is 16.7 Å². The van der Waals surface area contributed by atoms with Crippen molar-refractivity contribution in [1.82, 2.24) is 4.90 Å². The minimum atomic E-state index is -0.495. The normalized spacial score (nSPS) is 37.9. The van der Waals surface area contributed by atoms with Gasteiger partial charge in [0.05, 0.1) is 17.9 Å². The molecule has 2 aliphatic carbocycles. The number of allylic oxidation sites excluding steroid dienone is 2. The molecule has 0 radical (unpaired) electrons. The van der Waals surface area contributed by atoms with Gasteiger partial charge in [-0.3, -0.25) is 14.5 Å². The number of nitrogens with zero attached hydrogens (tertiary/aromatic N) is 1. The Hall–Kier alpha value is -1.90. The van der Waals surface area contributed by atoms with Gasteiger partial charge in [-0.1, -0.05) is 42.5 Å². The van der Waals surface area contributed by atoms with Gasteiger partial charge in [0.1, 0.15) is 0 Å². The fraction of sp³-hybridized carbons (Fsp3) is 0.412. The van der Waals surface area contributed by atoms with Crippen molar-refractivity contribution < 1.29 is 9.59 Å². The molecule has 3 nitrogen and oxygen atoms in total. The van der Waals surface area contributed by atoms with Crippen LogP contribution in [0, 0.1) is 23.2 Å². The van der Waals surface area contributed by atoms with Crippen LogP contribution >= 0.6 is 0 Å². The molecule has 3 heteroatoms. The highest BCUT2D eigenvalue weighted by molar-refractivity contribution is 6.08. The van der Waals surface area contributed by atoms with Gasteiger partial charge < -0.3 is 0 Å². The van der Waals surface area contributed by atoms with Crippen molar-refractivity contribution in [2.24, 2.45) is 23.2 Å². The first-order valence-corrected chi connectivity index (χ1v) is 7.20. The quantitative estimate of drug-likeness (QED) is 0.609. The van der Waals surface area contributed by atoms with E-state index in [9.17, 15) is 9.59 Å². The van der Waals surface area contributed by atoms with Crippen molar-refractivity contribution in [3.05, 3.63) is 48.0 Å². The Morgan fingerprint density at radius 2 is 1.95 bits per heavy atom. The van der Waals surface area contributed by atoms with Crippen molar-refractivity contribution in [3.8, 4) is 0 Å². The number of carbonyl (C=O) groups is 2. The average molecular weight is 267 g/mol. The van der Waals surface area contributed by atoms with Crippen LogP contribution in [-0.2, 0) is 16.1 Å². The summed E-state index contributed by atoms with van der Waals surface area (Å²) in [4.78, 5) is 26.9.